The Balaban J connectivity index is 1.74. The number of likely N-dealkylation sites (tertiary alicyclic amines) is 1. The molecule has 0 saturated carbocycles. The highest BCUT2D eigenvalue weighted by atomic mass is 79.9. The van der Waals surface area contributed by atoms with Crippen molar-refractivity contribution in [3.8, 4) is 0 Å². The van der Waals surface area contributed by atoms with Gasteiger partial charge in [0.05, 0.1) is 0 Å². The molecule has 0 radical (unpaired) electrons. The molecule has 1 aromatic rings. The first-order valence-corrected chi connectivity index (χ1v) is 8.19. The van der Waals surface area contributed by atoms with Crippen LogP contribution in [0.4, 0.5) is 0 Å². The van der Waals surface area contributed by atoms with E-state index >= 15 is 0 Å². The van der Waals surface area contributed by atoms with Crippen LogP contribution in [0, 0.1) is 5.92 Å². The fourth-order valence-electron chi connectivity index (χ4n) is 2.68. The summed E-state index contributed by atoms with van der Waals surface area (Å²) in [6.45, 7) is 6.07. The van der Waals surface area contributed by atoms with Gasteiger partial charge >= 0.3 is 0 Å². The molecule has 0 unspecified atom stereocenters. The van der Waals surface area contributed by atoms with E-state index < -0.39 is 0 Å². The van der Waals surface area contributed by atoms with Crippen LogP contribution in [0.15, 0.2) is 27.6 Å². The topological polar surface area (TPSA) is 54.3 Å². The molecule has 2 heterocycles. The Morgan fingerprint density at radius 1 is 1.48 bits per heavy atom. The number of rotatable bonds is 5. The third-order valence-corrected chi connectivity index (χ3v) is 4.22. The normalized spacial score (nSPS) is 19.4. The molecular weight excluding hydrogens is 334 g/mol. The fourth-order valence-corrected chi connectivity index (χ4v) is 3.06. The van der Waals surface area contributed by atoms with Crippen LogP contribution in [0.25, 0.3) is 0 Å². The fraction of sp³-hybridized carbons (Fsp3) is 0.600. The van der Waals surface area contributed by atoms with E-state index in [0.717, 1.165) is 30.0 Å². The molecule has 1 aromatic heterocycles. The van der Waals surface area contributed by atoms with E-state index in [2.05, 4.69) is 33.1 Å². The number of nitrogens with zero attached hydrogens (tertiary/aromatic N) is 2. The molecule has 1 aliphatic heterocycles. The van der Waals surface area contributed by atoms with E-state index in [9.17, 15) is 9.59 Å². The second kappa shape index (κ2) is 7.75. The Hall–Kier alpha value is -1.14. The Kier molecular flexibility index (Phi) is 5.99. The van der Waals surface area contributed by atoms with Crippen LogP contribution < -0.4 is 10.9 Å². The van der Waals surface area contributed by atoms with Crippen molar-refractivity contribution in [3.63, 3.8) is 0 Å². The summed E-state index contributed by atoms with van der Waals surface area (Å²) < 4.78 is 2.19. The molecular formula is C15H22BrN3O2. The molecule has 5 nitrogen and oxygen atoms in total. The van der Waals surface area contributed by atoms with Gasteiger partial charge in [-0.05, 0) is 47.3 Å². The number of pyridine rings is 1. The summed E-state index contributed by atoms with van der Waals surface area (Å²) in [4.78, 5) is 25.9. The maximum absolute atomic E-state index is 11.9. The second-order valence-electron chi connectivity index (χ2n) is 5.71. The van der Waals surface area contributed by atoms with Crippen LogP contribution >= 0.6 is 15.9 Å². The van der Waals surface area contributed by atoms with E-state index in [0.29, 0.717) is 6.54 Å². The lowest BCUT2D eigenvalue weighted by atomic mass is 10.0. The third kappa shape index (κ3) is 5.28. The van der Waals surface area contributed by atoms with Crippen molar-refractivity contribution in [2.75, 3.05) is 26.2 Å². The van der Waals surface area contributed by atoms with Crippen LogP contribution in [0.3, 0.4) is 0 Å². The zero-order valence-corrected chi connectivity index (χ0v) is 13.9. The molecule has 1 aliphatic rings. The molecule has 0 spiro atoms. The third-order valence-electron chi connectivity index (χ3n) is 3.75. The van der Waals surface area contributed by atoms with Crippen molar-refractivity contribution in [1.29, 1.82) is 0 Å². The van der Waals surface area contributed by atoms with Gasteiger partial charge < -0.3 is 14.8 Å². The second-order valence-corrected chi connectivity index (χ2v) is 6.63. The van der Waals surface area contributed by atoms with Gasteiger partial charge in [0.15, 0.2) is 0 Å². The Morgan fingerprint density at radius 2 is 2.29 bits per heavy atom. The molecule has 1 atom stereocenters. The molecule has 1 amide bonds. The zero-order valence-electron chi connectivity index (χ0n) is 12.3. The highest BCUT2D eigenvalue weighted by Crippen LogP contribution is 2.14. The number of carbonyl (C=O) groups is 1. The lowest BCUT2D eigenvalue weighted by molar-refractivity contribution is -0.121. The number of hydrogen-bond acceptors (Lipinski definition) is 3. The first-order valence-electron chi connectivity index (χ1n) is 7.39. The van der Waals surface area contributed by atoms with Crippen molar-refractivity contribution in [2.45, 2.75) is 26.3 Å². The van der Waals surface area contributed by atoms with Crippen LogP contribution in [0.2, 0.25) is 0 Å². The minimum absolute atomic E-state index is 0.0642. The molecule has 0 bridgehead atoms. The molecule has 1 saturated heterocycles. The largest absolute Gasteiger partial charge is 0.353 e. The van der Waals surface area contributed by atoms with Crippen molar-refractivity contribution in [2.24, 2.45) is 5.92 Å². The van der Waals surface area contributed by atoms with E-state index in [-0.39, 0.29) is 18.0 Å². The van der Waals surface area contributed by atoms with Gasteiger partial charge in [-0.2, -0.15) is 0 Å². The first-order chi connectivity index (χ1) is 10.0. The summed E-state index contributed by atoms with van der Waals surface area (Å²) in [6, 6.07) is 3.13. The standard InChI is InChI=1S/C15H22BrN3O2/c1-12-3-2-7-18(9-12)8-6-17-14(20)11-19-10-13(16)4-5-15(19)21/h4-5,10,12H,2-3,6-9,11H2,1H3,(H,17,20)/t12-/m1/s1. The lowest BCUT2D eigenvalue weighted by Crippen LogP contribution is -2.41. The quantitative estimate of drug-likeness (QED) is 0.869. The maximum Gasteiger partial charge on any atom is 0.251 e. The molecule has 2 rings (SSSR count). The van der Waals surface area contributed by atoms with Crippen LogP contribution in [0.5, 0.6) is 0 Å². The van der Waals surface area contributed by atoms with Gasteiger partial charge in [-0.1, -0.05) is 6.92 Å². The lowest BCUT2D eigenvalue weighted by Gasteiger charge is -2.30. The summed E-state index contributed by atoms with van der Waals surface area (Å²) in [6.07, 6.45) is 4.17. The summed E-state index contributed by atoms with van der Waals surface area (Å²) in [5.41, 5.74) is -0.168. The van der Waals surface area contributed by atoms with Crippen molar-refractivity contribution >= 4 is 21.8 Å². The predicted molar refractivity (Wildman–Crippen MR) is 86.2 cm³/mol. The average Bonchev–Trinajstić information content (AvgIpc) is 2.43. The van der Waals surface area contributed by atoms with Gasteiger partial charge in [-0.25, -0.2) is 0 Å². The van der Waals surface area contributed by atoms with Gasteiger partial charge in [0.1, 0.15) is 6.54 Å². The predicted octanol–water partition coefficient (Wildman–Crippen LogP) is 1.46. The van der Waals surface area contributed by atoms with Gasteiger partial charge in [0.25, 0.3) is 5.56 Å². The smallest absolute Gasteiger partial charge is 0.251 e. The minimum atomic E-state index is -0.168. The number of amides is 1. The van der Waals surface area contributed by atoms with Crippen LogP contribution in [-0.4, -0.2) is 41.6 Å². The number of halogens is 1. The molecule has 6 heteroatoms. The summed E-state index contributed by atoms with van der Waals surface area (Å²) in [5.74, 6) is 0.620. The highest BCUT2D eigenvalue weighted by Gasteiger charge is 2.15. The molecule has 0 aromatic carbocycles. The van der Waals surface area contributed by atoms with Crippen molar-refractivity contribution < 1.29 is 4.79 Å². The van der Waals surface area contributed by atoms with E-state index in [4.69, 9.17) is 0 Å². The monoisotopic (exact) mass is 355 g/mol. The van der Waals surface area contributed by atoms with E-state index in [1.165, 1.54) is 23.5 Å². The number of nitrogens with one attached hydrogen (secondary N) is 1. The van der Waals surface area contributed by atoms with Crippen LogP contribution in [0.1, 0.15) is 19.8 Å². The Morgan fingerprint density at radius 3 is 3.05 bits per heavy atom. The van der Waals surface area contributed by atoms with Gasteiger partial charge in [0.2, 0.25) is 5.91 Å². The maximum atomic E-state index is 11.9. The van der Waals surface area contributed by atoms with Crippen molar-refractivity contribution in [3.05, 3.63) is 33.2 Å². The van der Waals surface area contributed by atoms with E-state index in [1.807, 2.05) is 0 Å². The number of hydrogen-bond donors (Lipinski definition) is 1. The summed E-state index contributed by atoms with van der Waals surface area (Å²) >= 11 is 3.30. The Labute approximate surface area is 133 Å². The summed E-state index contributed by atoms with van der Waals surface area (Å²) in [5, 5.41) is 2.88. The number of carbonyl (C=O) groups excluding carboxylic acids is 1. The SMILES string of the molecule is C[C@@H]1CCCN(CCNC(=O)Cn2cc(Br)ccc2=O)C1. The van der Waals surface area contributed by atoms with Crippen LogP contribution in [-0.2, 0) is 11.3 Å². The average molecular weight is 356 g/mol. The number of piperidine rings is 1. The van der Waals surface area contributed by atoms with Gasteiger partial charge in [-0.15, -0.1) is 0 Å². The molecule has 1 N–H and O–H groups in total. The molecule has 116 valence electrons. The summed E-state index contributed by atoms with van der Waals surface area (Å²) in [7, 11) is 0. The molecule has 1 fully saturated rings. The number of aromatic nitrogens is 1. The van der Waals surface area contributed by atoms with Crippen molar-refractivity contribution in [1.82, 2.24) is 14.8 Å². The minimum Gasteiger partial charge on any atom is -0.353 e. The molecule has 0 aliphatic carbocycles. The highest BCUT2D eigenvalue weighted by molar-refractivity contribution is 9.10. The molecule has 21 heavy (non-hydrogen) atoms. The first kappa shape index (κ1) is 16.2. The van der Waals surface area contributed by atoms with Gasteiger partial charge in [-0.3, -0.25) is 9.59 Å². The van der Waals surface area contributed by atoms with Gasteiger partial charge in [0, 0.05) is 36.4 Å². The Bertz CT molecular complexity index is 544. The van der Waals surface area contributed by atoms with E-state index in [1.54, 1.807) is 12.3 Å². The zero-order chi connectivity index (χ0) is 15.2.